The third kappa shape index (κ3) is 5.55. The first-order valence-corrected chi connectivity index (χ1v) is 14.2. The quantitative estimate of drug-likeness (QED) is 0.291. The minimum atomic E-state index is -0.299. The molecule has 6 rings (SSSR count). The number of rotatable bonds is 7. The smallest absolute Gasteiger partial charge is 0.152 e. The summed E-state index contributed by atoms with van der Waals surface area (Å²) in [7, 11) is 0. The van der Waals surface area contributed by atoms with E-state index in [1.54, 1.807) is 12.4 Å². The van der Waals surface area contributed by atoms with E-state index in [2.05, 4.69) is 19.9 Å². The molecular weight excluding hydrogens is 594 g/mol. The number of halogens is 4. The lowest BCUT2D eigenvalue weighted by Gasteiger charge is -2.35. The molecule has 2 aliphatic rings. The zero-order valence-electron chi connectivity index (χ0n) is 21.1. The number of aliphatic hydroxyl groups is 2. The fourth-order valence-electron chi connectivity index (χ4n) is 4.90. The Bertz CT molecular complexity index is 1460. The van der Waals surface area contributed by atoms with E-state index < -0.39 is 0 Å². The fourth-order valence-corrected chi connectivity index (χ4v) is 5.95. The molecule has 0 saturated carbocycles. The van der Waals surface area contributed by atoms with Crippen molar-refractivity contribution in [2.75, 3.05) is 26.2 Å². The SMILES string of the molecule is OC1CN(Cc2ncc(-c3cccc(-c4cccc(-c5cnc(CN6CC(O)C6)c(Cl)n5)c4Cl)c3Cl)nc2Cl)C1. The molecule has 0 amide bonds. The first-order chi connectivity index (χ1) is 19.3. The number of hydrogen-bond acceptors (Lipinski definition) is 8. The first kappa shape index (κ1) is 27.8. The maximum absolute atomic E-state index is 9.52. The van der Waals surface area contributed by atoms with Crippen LogP contribution in [0.2, 0.25) is 20.4 Å². The van der Waals surface area contributed by atoms with Crippen molar-refractivity contribution >= 4 is 46.4 Å². The summed E-state index contributed by atoms with van der Waals surface area (Å²) in [6, 6.07) is 11.2. The summed E-state index contributed by atoms with van der Waals surface area (Å²) in [5.74, 6) is 0. The van der Waals surface area contributed by atoms with Crippen molar-refractivity contribution in [3.63, 3.8) is 0 Å². The molecule has 2 aromatic carbocycles. The Labute approximate surface area is 251 Å². The molecule has 2 saturated heterocycles. The van der Waals surface area contributed by atoms with Gasteiger partial charge in [-0.25, -0.2) is 9.97 Å². The van der Waals surface area contributed by atoms with E-state index in [0.29, 0.717) is 93.5 Å². The fraction of sp³-hybridized carbons (Fsp3) is 0.286. The second kappa shape index (κ2) is 11.5. The molecule has 206 valence electrons. The maximum Gasteiger partial charge on any atom is 0.152 e. The van der Waals surface area contributed by atoms with Crippen LogP contribution in [-0.2, 0) is 13.1 Å². The summed E-state index contributed by atoms with van der Waals surface area (Å²) in [6.45, 7) is 3.43. The average molecular weight is 618 g/mol. The molecule has 0 bridgehead atoms. The van der Waals surface area contributed by atoms with Gasteiger partial charge in [0, 0.05) is 61.5 Å². The average Bonchev–Trinajstić information content (AvgIpc) is 2.89. The van der Waals surface area contributed by atoms with Gasteiger partial charge in [0.2, 0.25) is 0 Å². The zero-order chi connectivity index (χ0) is 28.0. The van der Waals surface area contributed by atoms with Crippen molar-refractivity contribution in [1.82, 2.24) is 29.7 Å². The molecule has 4 heterocycles. The molecule has 0 unspecified atom stereocenters. The Morgan fingerprint density at radius 3 is 1.35 bits per heavy atom. The Hall–Kier alpha value is -2.40. The minimum absolute atomic E-state index is 0.296. The van der Waals surface area contributed by atoms with Crippen LogP contribution >= 0.6 is 46.4 Å². The lowest BCUT2D eigenvalue weighted by atomic mass is 9.98. The second-order valence-corrected chi connectivity index (χ2v) is 11.5. The van der Waals surface area contributed by atoms with Crippen LogP contribution in [0.25, 0.3) is 33.6 Å². The van der Waals surface area contributed by atoms with Crippen molar-refractivity contribution in [3.8, 4) is 33.6 Å². The van der Waals surface area contributed by atoms with Gasteiger partial charge in [0.05, 0.1) is 57.4 Å². The Kier molecular flexibility index (Phi) is 7.96. The van der Waals surface area contributed by atoms with Crippen molar-refractivity contribution in [3.05, 3.63) is 80.5 Å². The molecule has 0 aliphatic carbocycles. The van der Waals surface area contributed by atoms with Gasteiger partial charge in [-0.2, -0.15) is 0 Å². The lowest BCUT2D eigenvalue weighted by Crippen LogP contribution is -2.50. The molecule has 40 heavy (non-hydrogen) atoms. The molecule has 2 fully saturated rings. The lowest BCUT2D eigenvalue weighted by molar-refractivity contribution is -0.00379. The Balaban J connectivity index is 1.28. The second-order valence-electron chi connectivity index (χ2n) is 10.0. The summed E-state index contributed by atoms with van der Waals surface area (Å²) in [4.78, 5) is 22.2. The number of benzene rings is 2. The van der Waals surface area contributed by atoms with Crippen LogP contribution in [0.4, 0.5) is 0 Å². The normalized spacial score (nSPS) is 16.6. The van der Waals surface area contributed by atoms with Gasteiger partial charge in [-0.3, -0.25) is 19.8 Å². The summed E-state index contributed by atoms with van der Waals surface area (Å²) < 4.78 is 0. The molecular formula is C28H24Cl4N6O2. The molecule has 2 N–H and O–H groups in total. The van der Waals surface area contributed by atoms with E-state index in [-0.39, 0.29) is 12.2 Å². The van der Waals surface area contributed by atoms with Crippen molar-refractivity contribution in [1.29, 1.82) is 0 Å². The van der Waals surface area contributed by atoms with Crippen molar-refractivity contribution in [2.45, 2.75) is 25.3 Å². The van der Waals surface area contributed by atoms with Crippen molar-refractivity contribution in [2.24, 2.45) is 0 Å². The molecule has 8 nitrogen and oxygen atoms in total. The van der Waals surface area contributed by atoms with E-state index >= 15 is 0 Å². The van der Waals surface area contributed by atoms with Gasteiger partial charge in [-0.15, -0.1) is 0 Å². The standard InChI is InChI=1S/C28H24Cl4N6O2/c29-25-17(3-1-5-19(25)21-7-33-23(27(31)35-21)13-37-9-15(39)10-37)18-4-2-6-20(26(18)30)22-8-34-24(28(32)36-22)14-38-11-16(40)12-38/h1-8,15-16,39-40H,9-14H2. The molecule has 2 aliphatic heterocycles. The number of aliphatic hydroxyl groups excluding tert-OH is 2. The highest BCUT2D eigenvalue weighted by Gasteiger charge is 2.27. The van der Waals surface area contributed by atoms with Crippen LogP contribution in [0.5, 0.6) is 0 Å². The van der Waals surface area contributed by atoms with Crippen molar-refractivity contribution < 1.29 is 10.2 Å². The van der Waals surface area contributed by atoms with E-state index in [9.17, 15) is 10.2 Å². The molecule has 4 aromatic rings. The van der Waals surface area contributed by atoms with Gasteiger partial charge < -0.3 is 10.2 Å². The number of hydrogen-bond donors (Lipinski definition) is 2. The van der Waals surface area contributed by atoms with Crippen LogP contribution in [0.15, 0.2) is 48.8 Å². The molecule has 0 spiro atoms. The van der Waals surface area contributed by atoms with Gasteiger partial charge in [0.1, 0.15) is 0 Å². The highest BCUT2D eigenvalue weighted by molar-refractivity contribution is 6.39. The van der Waals surface area contributed by atoms with Crippen LogP contribution in [0.1, 0.15) is 11.4 Å². The summed E-state index contributed by atoms with van der Waals surface area (Å²) in [5.41, 5.74) is 5.15. The molecule has 2 aromatic heterocycles. The van der Waals surface area contributed by atoms with Crippen LogP contribution in [0, 0.1) is 0 Å². The van der Waals surface area contributed by atoms with E-state index in [4.69, 9.17) is 46.4 Å². The number of likely N-dealkylation sites (tertiary alicyclic amines) is 2. The summed E-state index contributed by atoms with van der Waals surface area (Å²) >= 11 is 26.8. The van der Waals surface area contributed by atoms with Crippen LogP contribution in [0.3, 0.4) is 0 Å². The molecule has 0 radical (unpaired) electrons. The Morgan fingerprint density at radius 1 is 0.625 bits per heavy atom. The predicted octanol–water partition coefficient (Wildman–Crippen LogP) is 5.23. The van der Waals surface area contributed by atoms with Crippen LogP contribution < -0.4 is 0 Å². The highest BCUT2D eigenvalue weighted by atomic mass is 35.5. The molecule has 12 heteroatoms. The third-order valence-electron chi connectivity index (χ3n) is 7.06. The number of nitrogens with zero attached hydrogens (tertiary/aromatic N) is 6. The van der Waals surface area contributed by atoms with E-state index in [1.807, 2.05) is 46.2 Å². The largest absolute Gasteiger partial charge is 0.390 e. The number of aromatic nitrogens is 4. The first-order valence-electron chi connectivity index (χ1n) is 12.7. The van der Waals surface area contributed by atoms with Gasteiger partial charge in [0.25, 0.3) is 0 Å². The van der Waals surface area contributed by atoms with Gasteiger partial charge in [0.15, 0.2) is 10.3 Å². The van der Waals surface area contributed by atoms with Gasteiger partial charge >= 0.3 is 0 Å². The van der Waals surface area contributed by atoms with Gasteiger partial charge in [-0.05, 0) is 0 Å². The minimum Gasteiger partial charge on any atom is -0.390 e. The number of β-amino-alcohol motifs (C(OH)–C–C–N with tert-alkyl or cyclic N) is 2. The monoisotopic (exact) mass is 616 g/mol. The van der Waals surface area contributed by atoms with E-state index in [1.165, 1.54) is 0 Å². The Morgan fingerprint density at radius 2 is 1.00 bits per heavy atom. The maximum atomic E-state index is 9.52. The van der Waals surface area contributed by atoms with Crippen LogP contribution in [-0.4, -0.2) is 78.3 Å². The van der Waals surface area contributed by atoms with Gasteiger partial charge in [-0.1, -0.05) is 82.8 Å². The third-order valence-corrected chi connectivity index (χ3v) is 8.48. The van der Waals surface area contributed by atoms with E-state index in [0.717, 1.165) is 11.1 Å². The summed E-state index contributed by atoms with van der Waals surface area (Å²) in [6.07, 6.45) is 2.71. The predicted molar refractivity (Wildman–Crippen MR) is 157 cm³/mol. The summed E-state index contributed by atoms with van der Waals surface area (Å²) in [5, 5.41) is 20.6. The highest BCUT2D eigenvalue weighted by Crippen LogP contribution is 2.42. The molecule has 0 atom stereocenters. The topological polar surface area (TPSA) is 98.5 Å². The zero-order valence-corrected chi connectivity index (χ0v) is 24.1.